The van der Waals surface area contributed by atoms with Crippen LogP contribution in [0.15, 0.2) is 60.9 Å². The first-order valence-electron chi connectivity index (χ1n) is 8.41. The molecule has 1 heterocycles. The summed E-state index contributed by atoms with van der Waals surface area (Å²) >= 11 is 0. The van der Waals surface area contributed by atoms with Crippen LogP contribution < -0.4 is 15.4 Å². The molecule has 0 atom stereocenters. The number of ether oxygens (including phenoxy) is 1. The van der Waals surface area contributed by atoms with Crippen molar-refractivity contribution in [1.82, 2.24) is 9.97 Å². The Kier molecular flexibility index (Phi) is 5.98. The van der Waals surface area contributed by atoms with Crippen LogP contribution in [0.4, 0.5) is 16.0 Å². The lowest BCUT2D eigenvalue weighted by molar-refractivity contribution is 0.410. The van der Waals surface area contributed by atoms with E-state index in [1.54, 1.807) is 19.2 Å². The van der Waals surface area contributed by atoms with Crippen LogP contribution in [-0.2, 0) is 13.0 Å². The minimum Gasteiger partial charge on any atom is -0.496 e. The molecule has 0 unspecified atom stereocenters. The second-order valence-electron chi connectivity index (χ2n) is 5.72. The molecule has 0 aliphatic heterocycles. The maximum atomic E-state index is 13.6. The van der Waals surface area contributed by atoms with Crippen LogP contribution in [0.1, 0.15) is 11.1 Å². The minimum absolute atomic E-state index is 0.184. The van der Waals surface area contributed by atoms with Crippen molar-refractivity contribution in [3.05, 3.63) is 77.9 Å². The summed E-state index contributed by atoms with van der Waals surface area (Å²) in [5.41, 5.74) is 1.73. The number of benzene rings is 2. The molecule has 3 aromatic rings. The Hall–Kier alpha value is -3.15. The minimum atomic E-state index is -0.184. The van der Waals surface area contributed by atoms with Gasteiger partial charge in [0.15, 0.2) is 0 Å². The Balaban J connectivity index is 1.55. The monoisotopic (exact) mass is 352 g/mol. The first-order chi connectivity index (χ1) is 12.8. The molecule has 0 aliphatic rings. The van der Waals surface area contributed by atoms with Crippen LogP contribution in [0.25, 0.3) is 0 Å². The highest BCUT2D eigenvalue weighted by Crippen LogP contribution is 2.19. The largest absolute Gasteiger partial charge is 0.496 e. The predicted molar refractivity (Wildman–Crippen MR) is 101 cm³/mol. The molecule has 0 radical (unpaired) electrons. The van der Waals surface area contributed by atoms with Gasteiger partial charge in [0.25, 0.3) is 0 Å². The summed E-state index contributed by atoms with van der Waals surface area (Å²) in [6, 6.07) is 16.4. The Morgan fingerprint density at radius 1 is 0.923 bits per heavy atom. The fourth-order valence-corrected chi connectivity index (χ4v) is 2.61. The van der Waals surface area contributed by atoms with Crippen LogP contribution in [-0.4, -0.2) is 23.6 Å². The number of hydrogen-bond acceptors (Lipinski definition) is 5. The highest BCUT2D eigenvalue weighted by atomic mass is 19.1. The van der Waals surface area contributed by atoms with Gasteiger partial charge in [-0.2, -0.15) is 0 Å². The van der Waals surface area contributed by atoms with Crippen molar-refractivity contribution in [2.75, 3.05) is 24.3 Å². The van der Waals surface area contributed by atoms with E-state index < -0.39 is 0 Å². The van der Waals surface area contributed by atoms with Gasteiger partial charge in [-0.05, 0) is 24.1 Å². The van der Waals surface area contributed by atoms with Gasteiger partial charge in [0.1, 0.15) is 29.5 Å². The summed E-state index contributed by atoms with van der Waals surface area (Å²) in [6.07, 6.45) is 2.08. The number of hydrogen-bond donors (Lipinski definition) is 2. The molecule has 2 aromatic carbocycles. The van der Waals surface area contributed by atoms with Crippen LogP contribution in [0.5, 0.6) is 5.75 Å². The molecule has 0 fully saturated rings. The molecule has 26 heavy (non-hydrogen) atoms. The molecular formula is C20H21FN4O. The van der Waals surface area contributed by atoms with Gasteiger partial charge in [-0.15, -0.1) is 0 Å². The number of anilines is 2. The van der Waals surface area contributed by atoms with Crippen LogP contribution >= 0.6 is 0 Å². The van der Waals surface area contributed by atoms with Gasteiger partial charge < -0.3 is 15.4 Å². The zero-order chi connectivity index (χ0) is 18.2. The molecule has 2 N–H and O–H groups in total. The highest BCUT2D eigenvalue weighted by molar-refractivity contribution is 5.47. The average molecular weight is 352 g/mol. The van der Waals surface area contributed by atoms with Crippen LogP contribution in [0.2, 0.25) is 0 Å². The molecule has 0 aliphatic carbocycles. The van der Waals surface area contributed by atoms with E-state index in [9.17, 15) is 4.39 Å². The molecule has 0 bridgehead atoms. The number of nitrogens with one attached hydrogen (secondary N) is 2. The molecule has 134 valence electrons. The normalized spacial score (nSPS) is 10.4. The summed E-state index contributed by atoms with van der Waals surface area (Å²) in [6.45, 7) is 1.18. The van der Waals surface area contributed by atoms with Gasteiger partial charge >= 0.3 is 0 Å². The number of methoxy groups -OCH3 is 1. The van der Waals surface area contributed by atoms with Crippen molar-refractivity contribution in [2.24, 2.45) is 0 Å². The van der Waals surface area contributed by atoms with Crippen molar-refractivity contribution in [3.8, 4) is 5.75 Å². The lowest BCUT2D eigenvalue weighted by Gasteiger charge is -2.11. The zero-order valence-corrected chi connectivity index (χ0v) is 14.6. The van der Waals surface area contributed by atoms with E-state index >= 15 is 0 Å². The lowest BCUT2D eigenvalue weighted by Crippen LogP contribution is -2.09. The van der Waals surface area contributed by atoms with E-state index in [0.717, 1.165) is 11.3 Å². The average Bonchev–Trinajstić information content (AvgIpc) is 2.68. The third-order valence-electron chi connectivity index (χ3n) is 3.98. The third kappa shape index (κ3) is 4.69. The number of rotatable bonds is 8. The Morgan fingerprint density at radius 2 is 1.62 bits per heavy atom. The van der Waals surface area contributed by atoms with Gasteiger partial charge in [-0.1, -0.05) is 36.4 Å². The molecule has 0 saturated heterocycles. The van der Waals surface area contributed by atoms with E-state index in [4.69, 9.17) is 4.74 Å². The second kappa shape index (κ2) is 8.80. The van der Waals surface area contributed by atoms with Gasteiger partial charge in [0.05, 0.1) is 7.11 Å². The van der Waals surface area contributed by atoms with Crippen molar-refractivity contribution >= 4 is 11.6 Å². The number of para-hydroxylation sites is 1. The summed E-state index contributed by atoms with van der Waals surface area (Å²) in [7, 11) is 1.65. The molecule has 0 saturated carbocycles. The molecule has 1 aromatic heterocycles. The summed E-state index contributed by atoms with van der Waals surface area (Å²) in [4.78, 5) is 8.43. The lowest BCUT2D eigenvalue weighted by atomic mass is 10.1. The standard InChI is InChI=1S/C20H21FN4O/c1-26-18-9-5-3-7-16(18)13-23-20-12-19(24-14-25-20)22-11-10-15-6-2-4-8-17(15)21/h2-9,12,14H,10-11,13H2,1H3,(H2,22,23,24,25). The first-order valence-corrected chi connectivity index (χ1v) is 8.41. The maximum absolute atomic E-state index is 13.6. The third-order valence-corrected chi connectivity index (χ3v) is 3.98. The van der Waals surface area contributed by atoms with Crippen molar-refractivity contribution in [1.29, 1.82) is 0 Å². The quantitative estimate of drug-likeness (QED) is 0.644. The van der Waals surface area contributed by atoms with Crippen LogP contribution in [0.3, 0.4) is 0 Å². The van der Waals surface area contributed by atoms with Crippen molar-refractivity contribution in [3.63, 3.8) is 0 Å². The molecular weight excluding hydrogens is 331 g/mol. The summed E-state index contributed by atoms with van der Waals surface area (Å²) in [5, 5.41) is 6.46. The Labute approximate surface area is 152 Å². The van der Waals surface area contributed by atoms with Crippen LogP contribution in [0, 0.1) is 5.82 Å². The zero-order valence-electron chi connectivity index (χ0n) is 14.6. The van der Waals surface area contributed by atoms with E-state index in [1.807, 2.05) is 36.4 Å². The smallest absolute Gasteiger partial charge is 0.131 e. The van der Waals surface area contributed by atoms with Gasteiger partial charge in [-0.25, -0.2) is 14.4 Å². The van der Waals surface area contributed by atoms with E-state index in [0.29, 0.717) is 36.7 Å². The van der Waals surface area contributed by atoms with E-state index in [-0.39, 0.29) is 5.82 Å². The molecule has 6 heteroatoms. The second-order valence-corrected chi connectivity index (χ2v) is 5.72. The van der Waals surface area contributed by atoms with Crippen molar-refractivity contribution in [2.45, 2.75) is 13.0 Å². The molecule has 3 rings (SSSR count). The van der Waals surface area contributed by atoms with Gasteiger partial charge in [-0.3, -0.25) is 0 Å². The van der Waals surface area contributed by atoms with Crippen molar-refractivity contribution < 1.29 is 9.13 Å². The fourth-order valence-electron chi connectivity index (χ4n) is 2.61. The summed E-state index contributed by atoms with van der Waals surface area (Å²) in [5.74, 6) is 2.05. The number of nitrogens with zero attached hydrogens (tertiary/aromatic N) is 2. The fraction of sp³-hybridized carbons (Fsp3) is 0.200. The summed E-state index contributed by atoms with van der Waals surface area (Å²) < 4.78 is 19.0. The first kappa shape index (κ1) is 17.7. The SMILES string of the molecule is COc1ccccc1CNc1cc(NCCc2ccccc2F)ncn1. The maximum Gasteiger partial charge on any atom is 0.131 e. The number of halogens is 1. The van der Waals surface area contributed by atoms with E-state index in [2.05, 4.69) is 20.6 Å². The van der Waals surface area contributed by atoms with E-state index in [1.165, 1.54) is 12.4 Å². The molecule has 0 spiro atoms. The van der Waals surface area contributed by atoms with Gasteiger partial charge in [0.2, 0.25) is 0 Å². The van der Waals surface area contributed by atoms with Gasteiger partial charge in [0, 0.05) is 24.7 Å². The predicted octanol–water partition coefficient (Wildman–Crippen LogP) is 3.89. The Bertz CT molecular complexity index is 856. The molecule has 0 amide bonds. The molecule has 5 nitrogen and oxygen atoms in total. The Morgan fingerprint density at radius 3 is 2.38 bits per heavy atom. The number of aromatic nitrogens is 2. The highest BCUT2D eigenvalue weighted by Gasteiger charge is 2.04. The topological polar surface area (TPSA) is 59.1 Å².